The van der Waals surface area contributed by atoms with Gasteiger partial charge < -0.3 is 9.63 Å². The molecule has 1 rings (SSSR count). The summed E-state index contributed by atoms with van der Waals surface area (Å²) < 4.78 is 38.3. The Bertz CT molecular complexity index is 233. The van der Waals surface area contributed by atoms with E-state index in [2.05, 4.69) is 9.68 Å². The first kappa shape index (κ1) is 10.8. The van der Waals surface area contributed by atoms with Crippen LogP contribution < -0.4 is 34.7 Å². The van der Waals surface area contributed by atoms with Crippen molar-refractivity contribution < 1.29 is 52.4 Å². The maximum Gasteiger partial charge on any atom is 1.00 e. The van der Waals surface area contributed by atoms with E-state index in [0.717, 1.165) is 0 Å². The summed E-state index contributed by atoms with van der Waals surface area (Å²) in [6, 6.07) is 0.292. The van der Waals surface area contributed by atoms with Crippen molar-refractivity contribution in [1.29, 1.82) is 0 Å². The van der Waals surface area contributed by atoms with E-state index in [4.69, 9.17) is 0 Å². The van der Waals surface area contributed by atoms with Crippen LogP contribution in [-0.4, -0.2) is 5.16 Å². The van der Waals surface area contributed by atoms with E-state index in [1.165, 1.54) is 0 Å². The van der Waals surface area contributed by atoms with Gasteiger partial charge in [0.1, 0.15) is 0 Å². The summed E-state index contributed by atoms with van der Waals surface area (Å²) in [5.74, 6) is -1.09. The van der Waals surface area contributed by atoms with E-state index < -0.39 is 17.8 Å². The molecule has 0 aromatic carbocycles. The zero-order valence-electron chi connectivity index (χ0n) is 5.47. The third-order valence-electron chi connectivity index (χ3n) is 0.779. The monoisotopic (exact) mass is 175 g/mol. The Kier molecular flexibility index (Phi) is 3.40. The van der Waals surface area contributed by atoms with Gasteiger partial charge in [-0.1, -0.05) is 0 Å². The van der Waals surface area contributed by atoms with Crippen molar-refractivity contribution in [3.8, 4) is 5.95 Å². The van der Waals surface area contributed by atoms with Crippen molar-refractivity contribution in [3.05, 3.63) is 11.8 Å². The van der Waals surface area contributed by atoms with Gasteiger partial charge in [-0.2, -0.15) is 18.3 Å². The quantitative estimate of drug-likeness (QED) is 0.419. The molecule has 7 heteroatoms. The Hall–Kier alpha value is -0.200. The van der Waals surface area contributed by atoms with Crippen LogP contribution in [-0.2, 0) is 6.18 Å². The van der Waals surface area contributed by atoms with Crippen LogP contribution in [0.25, 0.3) is 0 Å². The van der Waals surface area contributed by atoms with Crippen LogP contribution in [0, 0.1) is 0 Å². The molecule has 3 nitrogen and oxygen atoms in total. The molecule has 0 bridgehead atoms. The molecule has 0 fully saturated rings. The average molecular weight is 175 g/mol. The van der Waals surface area contributed by atoms with Gasteiger partial charge in [0.25, 0.3) is 0 Å². The molecule has 1 heterocycles. The van der Waals surface area contributed by atoms with Gasteiger partial charge in [0, 0.05) is 0 Å². The van der Waals surface area contributed by atoms with E-state index in [0.29, 0.717) is 6.07 Å². The van der Waals surface area contributed by atoms with Gasteiger partial charge in [0.2, 0.25) is 0 Å². The standard InChI is InChI=1S/C4H2F3NO2.Na/c5-4(6,7)2-1-3(9)10-8-2;/h1,9H;/q;+1/p-1. The van der Waals surface area contributed by atoms with Crippen molar-refractivity contribution >= 4 is 0 Å². The van der Waals surface area contributed by atoms with Gasteiger partial charge in [0.05, 0.1) is 5.95 Å². The molecule has 0 aliphatic heterocycles. The number of alkyl halides is 3. The number of aromatic nitrogens is 1. The average Bonchev–Trinajstić information content (AvgIpc) is 2.11. The first-order valence-corrected chi connectivity index (χ1v) is 2.21. The molecule has 0 amide bonds. The van der Waals surface area contributed by atoms with Crippen LogP contribution in [0.3, 0.4) is 0 Å². The van der Waals surface area contributed by atoms with Crippen molar-refractivity contribution in [1.82, 2.24) is 5.16 Å². The van der Waals surface area contributed by atoms with E-state index in [-0.39, 0.29) is 29.6 Å². The second kappa shape index (κ2) is 3.46. The van der Waals surface area contributed by atoms with Crippen LogP contribution in [0.5, 0.6) is 5.95 Å². The first-order chi connectivity index (χ1) is 4.50. The maximum absolute atomic E-state index is 11.5. The normalized spacial score (nSPS) is 10.8. The van der Waals surface area contributed by atoms with Gasteiger partial charge in [-0.15, -0.1) is 0 Å². The van der Waals surface area contributed by atoms with Gasteiger partial charge >= 0.3 is 35.7 Å². The maximum atomic E-state index is 11.5. The topological polar surface area (TPSA) is 49.1 Å². The van der Waals surface area contributed by atoms with Crippen LogP contribution in [0.15, 0.2) is 10.6 Å². The molecule has 11 heavy (non-hydrogen) atoms. The minimum absolute atomic E-state index is 0. The van der Waals surface area contributed by atoms with E-state index in [9.17, 15) is 18.3 Å². The molecule has 0 N–H and O–H groups in total. The molecule has 1 aromatic heterocycles. The number of rotatable bonds is 0. The molecule has 1 aromatic rings. The molecular formula is C4HF3NNaO2. The zero-order chi connectivity index (χ0) is 7.78. The molecular weight excluding hydrogens is 174 g/mol. The summed E-state index contributed by atoms with van der Waals surface area (Å²) in [5.41, 5.74) is -1.29. The molecule has 0 atom stereocenters. The predicted molar refractivity (Wildman–Crippen MR) is 21.0 cm³/mol. The van der Waals surface area contributed by atoms with E-state index in [1.807, 2.05) is 0 Å². The first-order valence-electron chi connectivity index (χ1n) is 2.21. The number of halogens is 3. The van der Waals surface area contributed by atoms with Gasteiger partial charge in [-0.25, -0.2) is 0 Å². The Morgan fingerprint density at radius 1 is 1.45 bits per heavy atom. The minimum Gasteiger partial charge on any atom is -0.544 e. The van der Waals surface area contributed by atoms with Gasteiger partial charge in [0.15, 0.2) is 5.69 Å². The molecule has 0 spiro atoms. The SMILES string of the molecule is [Na+].[O-]c1cc(C(F)(F)F)no1. The third-order valence-corrected chi connectivity index (χ3v) is 0.779. The smallest absolute Gasteiger partial charge is 0.544 e. The fraction of sp³-hybridized carbons (Fsp3) is 0.250. The molecule has 0 unspecified atom stereocenters. The predicted octanol–water partition coefficient (Wildman–Crippen LogP) is -2.23. The van der Waals surface area contributed by atoms with E-state index in [1.54, 1.807) is 0 Å². The Labute approximate surface area is 81.5 Å². The van der Waals surface area contributed by atoms with Crippen molar-refractivity contribution in [2.24, 2.45) is 0 Å². The van der Waals surface area contributed by atoms with Crippen LogP contribution in [0.4, 0.5) is 13.2 Å². The Morgan fingerprint density at radius 3 is 2.18 bits per heavy atom. The van der Waals surface area contributed by atoms with Crippen molar-refractivity contribution in [2.45, 2.75) is 6.18 Å². The zero-order valence-corrected chi connectivity index (χ0v) is 7.47. The second-order valence-corrected chi connectivity index (χ2v) is 1.53. The fourth-order valence-electron chi connectivity index (χ4n) is 0.392. The molecule has 0 radical (unpaired) electrons. The van der Waals surface area contributed by atoms with Crippen LogP contribution in [0.2, 0.25) is 0 Å². The summed E-state index contributed by atoms with van der Waals surface area (Å²) >= 11 is 0. The van der Waals surface area contributed by atoms with Crippen LogP contribution >= 0.6 is 0 Å². The summed E-state index contributed by atoms with van der Waals surface area (Å²) in [7, 11) is 0. The molecule has 0 aliphatic carbocycles. The van der Waals surface area contributed by atoms with Gasteiger partial charge in [-0.05, 0) is 6.07 Å². The molecule has 0 aliphatic rings. The molecule has 56 valence electrons. The Balaban J connectivity index is 0.000001000. The number of nitrogens with zero attached hydrogens (tertiary/aromatic N) is 1. The Morgan fingerprint density at radius 2 is 2.00 bits per heavy atom. The minimum atomic E-state index is -4.59. The van der Waals surface area contributed by atoms with Gasteiger partial charge in [-0.3, -0.25) is 0 Å². The summed E-state index contributed by atoms with van der Waals surface area (Å²) in [6.07, 6.45) is -4.59. The number of hydrogen-bond acceptors (Lipinski definition) is 3. The molecule has 0 saturated heterocycles. The van der Waals surface area contributed by atoms with E-state index >= 15 is 0 Å². The largest absolute Gasteiger partial charge is 1.00 e. The van der Waals surface area contributed by atoms with Crippen LogP contribution in [0.1, 0.15) is 5.69 Å². The third kappa shape index (κ3) is 2.72. The summed E-state index contributed by atoms with van der Waals surface area (Å²) in [5, 5.41) is 12.5. The van der Waals surface area contributed by atoms with Crippen molar-refractivity contribution in [3.63, 3.8) is 0 Å². The summed E-state index contributed by atoms with van der Waals surface area (Å²) in [4.78, 5) is 0. The fourth-order valence-corrected chi connectivity index (χ4v) is 0.392. The van der Waals surface area contributed by atoms with Crippen molar-refractivity contribution in [2.75, 3.05) is 0 Å². The molecule has 0 saturated carbocycles. The summed E-state index contributed by atoms with van der Waals surface area (Å²) in [6.45, 7) is 0. The second-order valence-electron chi connectivity index (χ2n) is 1.53. The number of hydrogen-bond donors (Lipinski definition) is 0.